The summed E-state index contributed by atoms with van der Waals surface area (Å²) in [6, 6.07) is 7.88. The Morgan fingerprint density at radius 2 is 1.94 bits per heavy atom. The molecule has 1 heterocycles. The van der Waals surface area contributed by atoms with Crippen molar-refractivity contribution in [2.24, 2.45) is 0 Å². The maximum absolute atomic E-state index is 11.2. The van der Waals surface area contributed by atoms with Crippen LogP contribution in [0.25, 0.3) is 0 Å². The summed E-state index contributed by atoms with van der Waals surface area (Å²) in [7, 11) is 1.42. The highest BCUT2D eigenvalue weighted by molar-refractivity contribution is 5.71. The van der Waals surface area contributed by atoms with E-state index in [0.717, 1.165) is 37.6 Å². The molecule has 5 heteroatoms. The molecule has 1 saturated heterocycles. The van der Waals surface area contributed by atoms with Crippen LogP contribution in [-0.2, 0) is 9.53 Å². The van der Waals surface area contributed by atoms with Gasteiger partial charge in [-0.25, -0.2) is 0 Å². The fourth-order valence-corrected chi connectivity index (χ4v) is 2.17. The quantitative estimate of drug-likeness (QED) is 0.626. The van der Waals surface area contributed by atoms with E-state index in [9.17, 15) is 4.79 Å². The minimum atomic E-state index is -0.178. The number of nitrogens with zero attached hydrogens (tertiary/aromatic N) is 2. The van der Waals surface area contributed by atoms with E-state index in [2.05, 4.69) is 14.5 Å². The molecule has 0 bridgehead atoms. The van der Waals surface area contributed by atoms with Crippen LogP contribution in [0.15, 0.2) is 24.3 Å². The van der Waals surface area contributed by atoms with Gasteiger partial charge in [-0.2, -0.15) is 0 Å². The van der Waals surface area contributed by atoms with Gasteiger partial charge in [-0.15, -0.1) is 0 Å². The van der Waals surface area contributed by atoms with Crippen molar-refractivity contribution in [1.29, 1.82) is 0 Å². The molecule has 1 aromatic rings. The third kappa shape index (κ3) is 2.92. The molecule has 5 nitrogen and oxygen atoms in total. The lowest BCUT2D eigenvalue weighted by atomic mass is 10.2. The first kappa shape index (κ1) is 12.7. The van der Waals surface area contributed by atoms with Crippen LogP contribution in [0.4, 0.5) is 11.4 Å². The van der Waals surface area contributed by atoms with E-state index < -0.39 is 0 Å². The lowest BCUT2D eigenvalue weighted by molar-refractivity contribution is -0.142. The molecule has 0 amide bonds. The van der Waals surface area contributed by atoms with Gasteiger partial charge in [-0.05, 0) is 12.1 Å². The van der Waals surface area contributed by atoms with Crippen LogP contribution in [0.3, 0.4) is 0 Å². The van der Waals surface area contributed by atoms with Gasteiger partial charge >= 0.3 is 5.97 Å². The number of hydrogen-bond acceptors (Lipinski definition) is 5. The number of hydrogen-bond donors (Lipinski definition) is 1. The molecule has 18 heavy (non-hydrogen) atoms. The average molecular weight is 249 g/mol. The highest BCUT2D eigenvalue weighted by Gasteiger charge is 2.20. The number of methoxy groups -OCH3 is 1. The van der Waals surface area contributed by atoms with Gasteiger partial charge in [0, 0.05) is 26.2 Å². The molecule has 0 spiro atoms. The first-order chi connectivity index (χ1) is 8.70. The summed E-state index contributed by atoms with van der Waals surface area (Å²) in [5, 5.41) is 0. The van der Waals surface area contributed by atoms with Gasteiger partial charge in [0.2, 0.25) is 0 Å². The van der Waals surface area contributed by atoms with E-state index in [1.54, 1.807) is 0 Å². The number of carbonyl (C=O) groups excluding carboxylic acids is 1. The molecule has 0 aromatic heterocycles. The van der Waals surface area contributed by atoms with Crippen molar-refractivity contribution in [3.05, 3.63) is 24.3 Å². The zero-order chi connectivity index (χ0) is 13.0. The Labute approximate surface area is 107 Å². The maximum Gasteiger partial charge on any atom is 0.319 e. The van der Waals surface area contributed by atoms with E-state index in [1.807, 2.05) is 24.3 Å². The standard InChI is InChI=1S/C13H19N3O2/c1-18-13(17)10-15-6-8-16(9-7-15)12-5-3-2-4-11(12)14/h2-5H,6-10,14H2,1H3. The van der Waals surface area contributed by atoms with E-state index in [-0.39, 0.29) is 5.97 Å². The molecule has 0 aliphatic carbocycles. The van der Waals surface area contributed by atoms with Gasteiger partial charge in [0.25, 0.3) is 0 Å². The minimum Gasteiger partial charge on any atom is -0.468 e. The Morgan fingerprint density at radius 3 is 2.56 bits per heavy atom. The van der Waals surface area contributed by atoms with E-state index in [4.69, 9.17) is 5.73 Å². The van der Waals surface area contributed by atoms with Crippen LogP contribution < -0.4 is 10.6 Å². The Bertz CT molecular complexity index is 414. The normalized spacial score (nSPS) is 16.6. The summed E-state index contributed by atoms with van der Waals surface area (Å²) in [6.07, 6.45) is 0. The molecule has 0 atom stereocenters. The third-order valence-corrected chi connectivity index (χ3v) is 3.23. The van der Waals surface area contributed by atoms with E-state index in [1.165, 1.54) is 7.11 Å². The zero-order valence-corrected chi connectivity index (χ0v) is 10.6. The average Bonchev–Trinajstić information content (AvgIpc) is 2.40. The summed E-state index contributed by atoms with van der Waals surface area (Å²) < 4.78 is 4.67. The van der Waals surface area contributed by atoms with Gasteiger partial charge in [0.15, 0.2) is 0 Å². The van der Waals surface area contributed by atoms with Gasteiger partial charge in [0.05, 0.1) is 25.0 Å². The second-order valence-corrected chi connectivity index (χ2v) is 4.40. The molecule has 1 aliphatic rings. The largest absolute Gasteiger partial charge is 0.468 e. The molecular weight excluding hydrogens is 230 g/mol. The Kier molecular flexibility index (Phi) is 4.04. The van der Waals surface area contributed by atoms with Gasteiger partial charge < -0.3 is 15.4 Å². The number of ether oxygens (including phenoxy) is 1. The lowest BCUT2D eigenvalue weighted by Crippen LogP contribution is -2.48. The molecule has 0 radical (unpaired) electrons. The monoisotopic (exact) mass is 249 g/mol. The van der Waals surface area contributed by atoms with Crippen molar-refractivity contribution in [1.82, 2.24) is 4.90 Å². The summed E-state index contributed by atoms with van der Waals surface area (Å²) in [5.74, 6) is -0.178. The van der Waals surface area contributed by atoms with E-state index >= 15 is 0 Å². The topological polar surface area (TPSA) is 58.8 Å². The van der Waals surface area contributed by atoms with Crippen LogP contribution in [0.1, 0.15) is 0 Å². The number of piperazine rings is 1. The SMILES string of the molecule is COC(=O)CN1CCN(c2ccccc2N)CC1. The van der Waals surface area contributed by atoms with Crippen LogP contribution in [0.2, 0.25) is 0 Å². The number of anilines is 2. The molecule has 1 aliphatic heterocycles. The Morgan fingerprint density at radius 1 is 1.28 bits per heavy atom. The van der Waals surface area contributed by atoms with Crippen molar-refractivity contribution in [3.8, 4) is 0 Å². The van der Waals surface area contributed by atoms with Crippen LogP contribution in [0.5, 0.6) is 0 Å². The van der Waals surface area contributed by atoms with Crippen molar-refractivity contribution < 1.29 is 9.53 Å². The second kappa shape index (κ2) is 5.73. The molecule has 98 valence electrons. The fourth-order valence-electron chi connectivity index (χ4n) is 2.17. The number of rotatable bonds is 3. The summed E-state index contributed by atoms with van der Waals surface area (Å²) in [5.41, 5.74) is 7.84. The number of nitrogen functional groups attached to an aromatic ring is 1. The Balaban J connectivity index is 1.91. The molecule has 1 fully saturated rings. The van der Waals surface area contributed by atoms with Gasteiger partial charge in [-0.3, -0.25) is 9.69 Å². The predicted molar refractivity (Wildman–Crippen MR) is 71.5 cm³/mol. The van der Waals surface area contributed by atoms with Gasteiger partial charge in [-0.1, -0.05) is 12.1 Å². The van der Waals surface area contributed by atoms with Crippen LogP contribution >= 0.6 is 0 Å². The minimum absolute atomic E-state index is 0.178. The van der Waals surface area contributed by atoms with Crippen molar-refractivity contribution in [2.75, 3.05) is 50.5 Å². The number of carbonyl (C=O) groups is 1. The van der Waals surface area contributed by atoms with Crippen LogP contribution in [0, 0.1) is 0 Å². The predicted octanol–water partition coefficient (Wildman–Crippen LogP) is 0.564. The second-order valence-electron chi connectivity index (χ2n) is 4.40. The zero-order valence-electron chi connectivity index (χ0n) is 10.6. The molecule has 0 unspecified atom stereocenters. The van der Waals surface area contributed by atoms with Crippen molar-refractivity contribution in [2.45, 2.75) is 0 Å². The van der Waals surface area contributed by atoms with Crippen molar-refractivity contribution in [3.63, 3.8) is 0 Å². The van der Waals surface area contributed by atoms with Crippen molar-refractivity contribution >= 4 is 17.3 Å². The van der Waals surface area contributed by atoms with Gasteiger partial charge in [0.1, 0.15) is 0 Å². The molecule has 1 aromatic carbocycles. The highest BCUT2D eigenvalue weighted by Crippen LogP contribution is 2.23. The first-order valence-corrected chi connectivity index (χ1v) is 6.09. The van der Waals surface area contributed by atoms with E-state index in [0.29, 0.717) is 6.54 Å². The summed E-state index contributed by atoms with van der Waals surface area (Å²) in [4.78, 5) is 15.5. The molecule has 2 rings (SSSR count). The number of benzene rings is 1. The van der Waals surface area contributed by atoms with Crippen LogP contribution in [-0.4, -0.2) is 50.7 Å². The molecule has 0 saturated carbocycles. The summed E-state index contributed by atoms with van der Waals surface area (Å²) >= 11 is 0. The first-order valence-electron chi connectivity index (χ1n) is 6.09. The fraction of sp³-hybridized carbons (Fsp3) is 0.462. The lowest BCUT2D eigenvalue weighted by Gasteiger charge is -2.35. The third-order valence-electron chi connectivity index (χ3n) is 3.23. The number of para-hydroxylation sites is 2. The molecular formula is C13H19N3O2. The smallest absolute Gasteiger partial charge is 0.319 e. The highest BCUT2D eigenvalue weighted by atomic mass is 16.5. The summed E-state index contributed by atoms with van der Waals surface area (Å²) in [6.45, 7) is 3.83. The number of esters is 1. The number of nitrogens with two attached hydrogens (primary N) is 1. The Hall–Kier alpha value is -1.75. The maximum atomic E-state index is 11.2. The molecule has 2 N–H and O–H groups in total.